The van der Waals surface area contributed by atoms with E-state index in [0.717, 1.165) is 17.7 Å². The highest BCUT2D eigenvalue weighted by Crippen LogP contribution is 2.25. The van der Waals surface area contributed by atoms with Crippen molar-refractivity contribution in [3.8, 4) is 5.88 Å². The highest BCUT2D eigenvalue weighted by atomic mass is 16.5. The minimum atomic E-state index is -0.0510. The van der Waals surface area contributed by atoms with Crippen molar-refractivity contribution in [1.82, 2.24) is 4.98 Å². The predicted octanol–water partition coefficient (Wildman–Crippen LogP) is 3.68. The number of nitrogens with zero attached hydrogens (tertiary/aromatic N) is 1. The number of hydrogen-bond acceptors (Lipinski definition) is 3. The number of pyridine rings is 1. The Bertz CT molecular complexity index is 408. The number of aromatic nitrogens is 1. The second-order valence-corrected chi connectivity index (χ2v) is 6.67. The highest BCUT2D eigenvalue weighted by Gasteiger charge is 2.18. The summed E-state index contributed by atoms with van der Waals surface area (Å²) in [5.74, 6) is 1.21. The van der Waals surface area contributed by atoms with E-state index in [9.17, 15) is 5.11 Å². The molecule has 0 amide bonds. The van der Waals surface area contributed by atoms with Gasteiger partial charge in [-0.05, 0) is 30.9 Å². The van der Waals surface area contributed by atoms with E-state index in [1.54, 1.807) is 0 Å². The zero-order valence-corrected chi connectivity index (χ0v) is 13.0. The van der Waals surface area contributed by atoms with Crippen LogP contribution in [0.4, 0.5) is 0 Å². The molecule has 1 atom stereocenters. The van der Waals surface area contributed by atoms with Gasteiger partial charge >= 0.3 is 0 Å². The molecule has 19 heavy (non-hydrogen) atoms. The average Bonchev–Trinajstić information content (AvgIpc) is 2.25. The van der Waals surface area contributed by atoms with Crippen LogP contribution in [0.1, 0.15) is 59.2 Å². The summed E-state index contributed by atoms with van der Waals surface area (Å²) in [5.41, 5.74) is 1.75. The van der Waals surface area contributed by atoms with Crippen LogP contribution in [-0.4, -0.2) is 16.2 Å². The summed E-state index contributed by atoms with van der Waals surface area (Å²) >= 11 is 0. The molecule has 1 rings (SSSR count). The van der Waals surface area contributed by atoms with Crippen LogP contribution in [0.2, 0.25) is 0 Å². The largest absolute Gasteiger partial charge is 0.475 e. The monoisotopic (exact) mass is 265 g/mol. The van der Waals surface area contributed by atoms with Gasteiger partial charge in [0.25, 0.3) is 0 Å². The van der Waals surface area contributed by atoms with E-state index in [1.165, 1.54) is 0 Å². The van der Waals surface area contributed by atoms with Gasteiger partial charge < -0.3 is 9.84 Å². The lowest BCUT2D eigenvalue weighted by molar-refractivity contribution is 0.183. The van der Waals surface area contributed by atoms with Crippen LogP contribution in [0, 0.1) is 5.92 Å². The molecule has 0 radical (unpaired) electrons. The molecule has 0 bridgehead atoms. The van der Waals surface area contributed by atoms with E-state index >= 15 is 0 Å². The molecule has 1 aromatic heterocycles. The van der Waals surface area contributed by atoms with E-state index in [1.807, 2.05) is 12.1 Å². The number of ether oxygens (including phenoxy) is 1. The first kappa shape index (κ1) is 16.0. The molecule has 1 N–H and O–H groups in total. The molecule has 108 valence electrons. The molecule has 1 unspecified atom stereocenters. The molecule has 3 heteroatoms. The quantitative estimate of drug-likeness (QED) is 0.883. The van der Waals surface area contributed by atoms with Gasteiger partial charge in [0.2, 0.25) is 5.88 Å². The first-order chi connectivity index (χ1) is 8.72. The Morgan fingerprint density at radius 1 is 1.21 bits per heavy atom. The van der Waals surface area contributed by atoms with Gasteiger partial charge in [0, 0.05) is 11.5 Å². The topological polar surface area (TPSA) is 42.4 Å². The summed E-state index contributed by atoms with van der Waals surface area (Å²) in [6.45, 7) is 12.8. The highest BCUT2D eigenvalue weighted by molar-refractivity contribution is 5.28. The van der Waals surface area contributed by atoms with Gasteiger partial charge in [-0.1, -0.05) is 34.6 Å². The van der Waals surface area contributed by atoms with Crippen molar-refractivity contribution in [3.05, 3.63) is 23.4 Å². The molecule has 0 aliphatic carbocycles. The molecule has 0 aliphatic heterocycles. The Morgan fingerprint density at radius 3 is 2.32 bits per heavy atom. The van der Waals surface area contributed by atoms with Gasteiger partial charge in [0.15, 0.2) is 0 Å². The van der Waals surface area contributed by atoms with Gasteiger partial charge in [-0.2, -0.15) is 0 Å². The van der Waals surface area contributed by atoms with E-state index in [0.29, 0.717) is 11.8 Å². The van der Waals surface area contributed by atoms with Crippen molar-refractivity contribution in [2.45, 2.75) is 66.1 Å². The fourth-order valence-corrected chi connectivity index (χ4v) is 2.01. The third-order valence-corrected chi connectivity index (χ3v) is 2.94. The van der Waals surface area contributed by atoms with Crippen LogP contribution < -0.4 is 4.74 Å². The van der Waals surface area contributed by atoms with Crippen molar-refractivity contribution < 1.29 is 9.84 Å². The molecule has 0 saturated heterocycles. The molecule has 1 heterocycles. The van der Waals surface area contributed by atoms with Crippen LogP contribution in [0.15, 0.2) is 12.1 Å². The summed E-state index contributed by atoms with van der Waals surface area (Å²) in [5, 5.41) is 9.35. The van der Waals surface area contributed by atoms with Crippen LogP contribution in [0.25, 0.3) is 0 Å². The van der Waals surface area contributed by atoms with Crippen LogP contribution >= 0.6 is 0 Å². The summed E-state index contributed by atoms with van der Waals surface area (Å²) in [6, 6.07) is 3.77. The van der Waals surface area contributed by atoms with Crippen LogP contribution in [0.3, 0.4) is 0 Å². The van der Waals surface area contributed by atoms with Gasteiger partial charge in [0.1, 0.15) is 0 Å². The Morgan fingerprint density at radius 2 is 1.84 bits per heavy atom. The maximum absolute atomic E-state index is 9.35. The SMILES string of the molecule is CC(C)CC(C)Oc1cc(CO)cc(C(C)(C)C)n1. The molecule has 0 fully saturated rings. The fraction of sp³-hybridized carbons (Fsp3) is 0.688. The molecule has 0 saturated carbocycles. The standard InChI is InChI=1S/C16H27NO2/c1-11(2)7-12(3)19-15-9-13(10-18)8-14(17-15)16(4,5)6/h8-9,11-12,18H,7,10H2,1-6H3. The number of aliphatic hydroxyl groups excluding tert-OH is 1. The first-order valence-corrected chi connectivity index (χ1v) is 7.01. The number of hydrogen-bond donors (Lipinski definition) is 1. The van der Waals surface area contributed by atoms with Gasteiger partial charge in [0.05, 0.1) is 18.4 Å². The summed E-state index contributed by atoms with van der Waals surface area (Å²) in [7, 11) is 0. The Balaban J connectivity index is 2.94. The number of aliphatic hydroxyl groups is 1. The minimum Gasteiger partial charge on any atom is -0.475 e. The summed E-state index contributed by atoms with van der Waals surface area (Å²) in [4.78, 5) is 4.57. The third-order valence-electron chi connectivity index (χ3n) is 2.94. The summed E-state index contributed by atoms with van der Waals surface area (Å²) in [6.07, 6.45) is 1.13. The molecule has 0 spiro atoms. The van der Waals surface area contributed by atoms with Crippen molar-refractivity contribution in [2.24, 2.45) is 5.92 Å². The molecule has 1 aromatic rings. The zero-order chi connectivity index (χ0) is 14.6. The third kappa shape index (κ3) is 5.19. The van der Waals surface area contributed by atoms with Crippen molar-refractivity contribution in [3.63, 3.8) is 0 Å². The maximum atomic E-state index is 9.35. The summed E-state index contributed by atoms with van der Waals surface area (Å²) < 4.78 is 5.88. The Hall–Kier alpha value is -1.09. The van der Waals surface area contributed by atoms with Crippen molar-refractivity contribution in [2.75, 3.05) is 0 Å². The number of rotatable bonds is 5. The lowest BCUT2D eigenvalue weighted by atomic mass is 9.91. The van der Waals surface area contributed by atoms with Gasteiger partial charge in [-0.3, -0.25) is 0 Å². The molecule has 0 aromatic carbocycles. The van der Waals surface area contributed by atoms with E-state index in [-0.39, 0.29) is 18.1 Å². The fourth-order valence-electron chi connectivity index (χ4n) is 2.01. The smallest absolute Gasteiger partial charge is 0.214 e. The van der Waals surface area contributed by atoms with Gasteiger partial charge in [-0.25, -0.2) is 4.98 Å². The lowest BCUT2D eigenvalue weighted by Gasteiger charge is -2.21. The predicted molar refractivity (Wildman–Crippen MR) is 78.4 cm³/mol. The molecular formula is C16H27NO2. The zero-order valence-electron chi connectivity index (χ0n) is 13.0. The minimum absolute atomic E-state index is 0.0144. The molecule has 0 aliphatic rings. The van der Waals surface area contributed by atoms with Gasteiger partial charge in [-0.15, -0.1) is 0 Å². The van der Waals surface area contributed by atoms with Crippen molar-refractivity contribution in [1.29, 1.82) is 0 Å². The maximum Gasteiger partial charge on any atom is 0.214 e. The average molecular weight is 265 g/mol. The van der Waals surface area contributed by atoms with Crippen LogP contribution in [-0.2, 0) is 12.0 Å². The molecular weight excluding hydrogens is 238 g/mol. The van der Waals surface area contributed by atoms with Crippen molar-refractivity contribution >= 4 is 0 Å². The molecule has 3 nitrogen and oxygen atoms in total. The lowest BCUT2D eigenvalue weighted by Crippen LogP contribution is -2.18. The Labute approximate surface area is 117 Å². The van der Waals surface area contributed by atoms with Crippen LogP contribution in [0.5, 0.6) is 5.88 Å². The van der Waals surface area contributed by atoms with E-state index in [4.69, 9.17) is 4.74 Å². The second kappa shape index (κ2) is 6.38. The first-order valence-electron chi connectivity index (χ1n) is 7.01. The second-order valence-electron chi connectivity index (χ2n) is 6.67. The van der Waals surface area contributed by atoms with E-state index < -0.39 is 0 Å². The Kier molecular flexibility index (Phi) is 5.36. The normalized spacial score (nSPS) is 13.7. The van der Waals surface area contributed by atoms with E-state index in [2.05, 4.69) is 46.5 Å².